The molecule has 2 amide bonds. The Balaban J connectivity index is 1.24. The molecule has 0 saturated heterocycles. The Kier molecular flexibility index (Phi) is 9.98. The molecule has 10 nitrogen and oxygen atoms in total. The predicted molar refractivity (Wildman–Crippen MR) is 183 cm³/mol. The average Bonchev–Trinajstić information content (AvgIpc) is 3.86. The number of rotatable bonds is 12. The van der Waals surface area contributed by atoms with E-state index >= 15 is 0 Å². The summed E-state index contributed by atoms with van der Waals surface area (Å²) in [6.45, 7) is 2.19. The first-order valence-corrected chi connectivity index (χ1v) is 16.9. The van der Waals surface area contributed by atoms with E-state index in [0.717, 1.165) is 33.0 Å². The van der Waals surface area contributed by atoms with Crippen molar-refractivity contribution in [2.45, 2.75) is 37.5 Å². The second-order valence-electron chi connectivity index (χ2n) is 10.9. The monoisotopic (exact) mass is 666 g/mol. The number of para-hydroxylation sites is 1. The van der Waals surface area contributed by atoms with Crippen LogP contribution in [0.2, 0.25) is 0 Å². The topological polar surface area (TPSA) is 111 Å². The van der Waals surface area contributed by atoms with Crippen molar-refractivity contribution in [2.75, 3.05) is 20.0 Å². The van der Waals surface area contributed by atoms with Gasteiger partial charge in [0.25, 0.3) is 5.91 Å². The fourth-order valence-electron chi connectivity index (χ4n) is 5.50. The minimum Gasteiger partial charge on any atom is -0.493 e. The third-order valence-electron chi connectivity index (χ3n) is 7.70. The molecule has 0 fully saturated rings. The van der Waals surface area contributed by atoms with Gasteiger partial charge in [0.1, 0.15) is 0 Å². The largest absolute Gasteiger partial charge is 0.493 e. The number of thioether (sulfide) groups is 1. The van der Waals surface area contributed by atoms with E-state index in [1.807, 2.05) is 102 Å². The van der Waals surface area contributed by atoms with Crippen LogP contribution < -0.4 is 14.8 Å². The molecule has 6 rings (SSSR count). The van der Waals surface area contributed by atoms with Crippen LogP contribution in [0.15, 0.2) is 101 Å². The Labute approximate surface area is 281 Å². The lowest BCUT2D eigenvalue weighted by Crippen LogP contribution is -2.29. The van der Waals surface area contributed by atoms with Crippen molar-refractivity contribution >= 4 is 40.6 Å². The molecule has 3 aromatic carbocycles. The molecule has 2 aromatic heterocycles. The smallest absolute Gasteiger partial charge is 0.253 e. The number of carbonyl (C=O) groups is 2. The molecule has 0 spiro atoms. The number of aromatic nitrogens is 3. The van der Waals surface area contributed by atoms with Crippen molar-refractivity contribution < 1.29 is 19.1 Å². The number of benzene rings is 3. The maximum atomic E-state index is 14.0. The fourth-order valence-corrected chi connectivity index (χ4v) is 7.04. The van der Waals surface area contributed by atoms with Crippen LogP contribution >= 0.6 is 23.1 Å². The summed E-state index contributed by atoms with van der Waals surface area (Å²) in [6.07, 6.45) is 0.797. The molecule has 1 aliphatic heterocycles. The molecule has 0 bridgehead atoms. The third-order valence-corrected chi connectivity index (χ3v) is 9.53. The Bertz CT molecular complexity index is 1890. The Morgan fingerprint density at radius 1 is 0.979 bits per heavy atom. The number of hydrogen-bond donors (Lipinski definition) is 1. The van der Waals surface area contributed by atoms with Crippen LogP contribution in [0.1, 0.15) is 39.9 Å². The van der Waals surface area contributed by atoms with E-state index in [1.165, 1.54) is 11.8 Å². The standard InChI is InChI=1S/C35H34N6O4S2/c1-23-10-7-13-25(18-23)40-31(21-36-32(42)19-24-11-5-4-6-12-24)37-38-35(40)47-22-33(43)41-28(20-27(39-41)30-16-9-17-46-30)26-14-8-15-29(44-2)34(26)45-3/h4-18,28H,19-22H2,1-3H3,(H,36,42)/t28-/m1/s1. The summed E-state index contributed by atoms with van der Waals surface area (Å²) >= 11 is 2.86. The molecule has 12 heteroatoms. The van der Waals surface area contributed by atoms with E-state index in [1.54, 1.807) is 30.6 Å². The zero-order valence-electron chi connectivity index (χ0n) is 26.3. The number of methoxy groups -OCH3 is 2. The van der Waals surface area contributed by atoms with Gasteiger partial charge in [0, 0.05) is 17.7 Å². The molecule has 3 heterocycles. The van der Waals surface area contributed by atoms with Crippen LogP contribution in [0.3, 0.4) is 0 Å². The number of nitrogens with zero attached hydrogens (tertiary/aromatic N) is 5. The molecular weight excluding hydrogens is 633 g/mol. The van der Waals surface area contributed by atoms with Gasteiger partial charge >= 0.3 is 0 Å². The van der Waals surface area contributed by atoms with Gasteiger partial charge < -0.3 is 14.8 Å². The summed E-state index contributed by atoms with van der Waals surface area (Å²) in [5.74, 6) is 1.48. The van der Waals surface area contributed by atoms with E-state index in [4.69, 9.17) is 14.6 Å². The molecule has 0 unspecified atom stereocenters. The first-order chi connectivity index (χ1) is 22.9. The van der Waals surface area contributed by atoms with Crippen LogP contribution in [0.25, 0.3) is 5.69 Å². The normalized spacial score (nSPS) is 14.1. The van der Waals surface area contributed by atoms with Gasteiger partial charge in [0.15, 0.2) is 22.5 Å². The van der Waals surface area contributed by atoms with Gasteiger partial charge in [-0.25, -0.2) is 5.01 Å². The summed E-state index contributed by atoms with van der Waals surface area (Å²) in [5.41, 5.74) is 4.48. The molecule has 1 aliphatic rings. The summed E-state index contributed by atoms with van der Waals surface area (Å²) in [4.78, 5) is 27.7. The SMILES string of the molecule is COc1cccc([C@H]2CC(c3cccs3)=NN2C(=O)CSc2nnc(CNC(=O)Cc3ccccc3)n2-c2cccc(C)c2)c1OC. The molecule has 0 radical (unpaired) electrons. The van der Waals surface area contributed by atoms with Crippen molar-refractivity contribution in [3.05, 3.63) is 118 Å². The zero-order valence-corrected chi connectivity index (χ0v) is 27.9. The number of nitrogens with one attached hydrogen (secondary N) is 1. The number of aryl methyl sites for hydroxylation is 1. The average molecular weight is 667 g/mol. The van der Waals surface area contributed by atoms with E-state index in [-0.39, 0.29) is 36.6 Å². The van der Waals surface area contributed by atoms with Crippen LogP contribution in [0.4, 0.5) is 0 Å². The van der Waals surface area contributed by atoms with Gasteiger partial charge in [-0.2, -0.15) is 5.10 Å². The van der Waals surface area contributed by atoms with Gasteiger partial charge in [-0.15, -0.1) is 21.5 Å². The van der Waals surface area contributed by atoms with Crippen LogP contribution in [-0.4, -0.2) is 57.3 Å². The predicted octanol–water partition coefficient (Wildman–Crippen LogP) is 5.98. The number of carbonyl (C=O) groups excluding carboxylic acids is 2. The van der Waals surface area contributed by atoms with Crippen molar-refractivity contribution in [1.29, 1.82) is 0 Å². The van der Waals surface area contributed by atoms with E-state index in [2.05, 4.69) is 15.5 Å². The summed E-state index contributed by atoms with van der Waals surface area (Å²) in [5, 5.41) is 20.8. The minimum atomic E-state index is -0.379. The first-order valence-electron chi connectivity index (χ1n) is 15.0. The number of ether oxygens (including phenoxy) is 2. The minimum absolute atomic E-state index is 0.0638. The highest BCUT2D eigenvalue weighted by Gasteiger charge is 2.36. The van der Waals surface area contributed by atoms with Crippen molar-refractivity contribution in [1.82, 2.24) is 25.1 Å². The van der Waals surface area contributed by atoms with Crippen molar-refractivity contribution in [3.8, 4) is 17.2 Å². The van der Waals surface area contributed by atoms with Gasteiger partial charge in [-0.1, -0.05) is 72.4 Å². The molecule has 1 atom stereocenters. The van der Waals surface area contributed by atoms with Gasteiger partial charge in [0.2, 0.25) is 5.91 Å². The Morgan fingerprint density at radius 2 is 1.81 bits per heavy atom. The molecule has 240 valence electrons. The highest BCUT2D eigenvalue weighted by Crippen LogP contribution is 2.42. The van der Waals surface area contributed by atoms with Crippen molar-refractivity contribution in [3.63, 3.8) is 0 Å². The molecule has 0 saturated carbocycles. The summed E-state index contributed by atoms with van der Waals surface area (Å²) in [7, 11) is 3.19. The zero-order chi connectivity index (χ0) is 32.8. The maximum Gasteiger partial charge on any atom is 0.253 e. The number of hydrazone groups is 1. The van der Waals surface area contributed by atoms with Crippen LogP contribution in [0.5, 0.6) is 11.5 Å². The number of hydrogen-bond acceptors (Lipinski definition) is 9. The molecule has 5 aromatic rings. The second kappa shape index (κ2) is 14.7. The van der Waals surface area contributed by atoms with E-state index in [9.17, 15) is 9.59 Å². The second-order valence-corrected chi connectivity index (χ2v) is 12.8. The maximum absolute atomic E-state index is 14.0. The summed E-state index contributed by atoms with van der Waals surface area (Å²) < 4.78 is 13.2. The lowest BCUT2D eigenvalue weighted by Gasteiger charge is -2.24. The lowest BCUT2D eigenvalue weighted by molar-refractivity contribution is -0.130. The number of thiophene rings is 1. The summed E-state index contributed by atoms with van der Waals surface area (Å²) in [6, 6.07) is 26.8. The quantitative estimate of drug-likeness (QED) is 0.163. The highest BCUT2D eigenvalue weighted by atomic mass is 32.2. The third kappa shape index (κ3) is 7.23. The molecule has 0 aliphatic carbocycles. The van der Waals surface area contributed by atoms with Crippen LogP contribution in [-0.2, 0) is 22.6 Å². The Hall–Kier alpha value is -4.94. The first kappa shape index (κ1) is 32.0. The molecular formula is C35H34N6O4S2. The number of amides is 2. The lowest BCUT2D eigenvalue weighted by atomic mass is 9.99. The van der Waals surface area contributed by atoms with Gasteiger partial charge in [-0.05, 0) is 47.7 Å². The van der Waals surface area contributed by atoms with Crippen molar-refractivity contribution in [2.24, 2.45) is 5.10 Å². The van der Waals surface area contributed by atoms with E-state index in [0.29, 0.717) is 28.9 Å². The Morgan fingerprint density at radius 3 is 2.55 bits per heavy atom. The fraction of sp³-hybridized carbons (Fsp3) is 0.229. The van der Waals surface area contributed by atoms with Gasteiger partial charge in [-0.3, -0.25) is 14.2 Å². The van der Waals surface area contributed by atoms with Crippen LogP contribution in [0, 0.1) is 6.92 Å². The molecule has 1 N–H and O–H groups in total. The molecule has 47 heavy (non-hydrogen) atoms. The van der Waals surface area contributed by atoms with Gasteiger partial charge in [0.05, 0.1) is 49.6 Å². The van der Waals surface area contributed by atoms with E-state index < -0.39 is 0 Å². The highest BCUT2D eigenvalue weighted by molar-refractivity contribution is 7.99.